The quantitative estimate of drug-likeness (QED) is 0.548. The molecule has 0 atom stereocenters. The molecule has 0 saturated carbocycles. The van der Waals surface area contributed by atoms with Crippen LogP contribution < -0.4 is 0 Å². The molecule has 2 heteroatoms. The predicted molar refractivity (Wildman–Crippen MR) is 61.6 cm³/mol. The number of unbranched alkanes of at least 4 members (excludes halogenated alkanes) is 1. The zero-order valence-corrected chi connectivity index (χ0v) is 8.93. The average molecular weight is 206 g/mol. The monoisotopic (exact) mass is 206 g/mol. The second-order valence-electron chi connectivity index (χ2n) is 3.33. The lowest BCUT2D eigenvalue weighted by atomic mass is 10.2. The standard InChI is InChI=1S/C13H18O2/c14-10-6-1-2-7-11-15-12-13-8-4-3-5-9-13/h1,3-6,8-9,14H,2,7,10-12H2/b6-1+. The Bertz CT molecular complexity index is 267. The van der Waals surface area contributed by atoms with E-state index in [1.807, 2.05) is 24.3 Å². The molecular weight excluding hydrogens is 188 g/mol. The van der Waals surface area contributed by atoms with Crippen molar-refractivity contribution in [2.75, 3.05) is 13.2 Å². The van der Waals surface area contributed by atoms with Crippen LogP contribution in [0.1, 0.15) is 18.4 Å². The fraction of sp³-hybridized carbons (Fsp3) is 0.385. The molecule has 0 aliphatic carbocycles. The van der Waals surface area contributed by atoms with Gasteiger partial charge in [-0.25, -0.2) is 0 Å². The Morgan fingerprint density at radius 3 is 2.67 bits per heavy atom. The molecule has 0 fully saturated rings. The number of aliphatic hydroxyl groups excluding tert-OH is 1. The number of hydrogen-bond acceptors (Lipinski definition) is 2. The van der Waals surface area contributed by atoms with Crippen molar-refractivity contribution < 1.29 is 9.84 Å². The highest BCUT2D eigenvalue weighted by Crippen LogP contribution is 2.01. The molecule has 1 aromatic carbocycles. The molecule has 82 valence electrons. The van der Waals surface area contributed by atoms with Crippen molar-refractivity contribution in [2.24, 2.45) is 0 Å². The van der Waals surface area contributed by atoms with Gasteiger partial charge in [0, 0.05) is 6.61 Å². The van der Waals surface area contributed by atoms with Crippen LogP contribution in [-0.2, 0) is 11.3 Å². The van der Waals surface area contributed by atoms with E-state index >= 15 is 0 Å². The fourth-order valence-corrected chi connectivity index (χ4v) is 1.26. The summed E-state index contributed by atoms with van der Waals surface area (Å²) in [7, 11) is 0. The molecule has 1 aromatic rings. The lowest BCUT2D eigenvalue weighted by molar-refractivity contribution is 0.119. The van der Waals surface area contributed by atoms with Gasteiger partial charge in [-0.3, -0.25) is 0 Å². The molecule has 0 amide bonds. The van der Waals surface area contributed by atoms with Crippen LogP contribution in [0.15, 0.2) is 42.5 Å². The van der Waals surface area contributed by atoms with Gasteiger partial charge in [0.2, 0.25) is 0 Å². The van der Waals surface area contributed by atoms with Gasteiger partial charge in [-0.2, -0.15) is 0 Å². The highest BCUT2D eigenvalue weighted by Gasteiger charge is 1.90. The largest absolute Gasteiger partial charge is 0.392 e. The Morgan fingerprint density at radius 1 is 1.13 bits per heavy atom. The number of allylic oxidation sites excluding steroid dienone is 1. The molecule has 0 aliphatic rings. The topological polar surface area (TPSA) is 29.5 Å². The maximum Gasteiger partial charge on any atom is 0.0716 e. The molecule has 0 aromatic heterocycles. The molecule has 2 nitrogen and oxygen atoms in total. The molecule has 0 saturated heterocycles. The Morgan fingerprint density at radius 2 is 1.93 bits per heavy atom. The Balaban J connectivity index is 2.00. The number of rotatable bonds is 7. The second-order valence-corrected chi connectivity index (χ2v) is 3.33. The van der Waals surface area contributed by atoms with Crippen molar-refractivity contribution in [1.29, 1.82) is 0 Å². The first kappa shape index (κ1) is 12.0. The molecule has 1 rings (SSSR count). The normalized spacial score (nSPS) is 11.0. The van der Waals surface area contributed by atoms with Crippen LogP contribution in [-0.4, -0.2) is 18.3 Å². The molecule has 0 radical (unpaired) electrons. The van der Waals surface area contributed by atoms with Crippen LogP contribution in [0.5, 0.6) is 0 Å². The summed E-state index contributed by atoms with van der Waals surface area (Å²) in [6.45, 7) is 1.58. The first-order chi connectivity index (χ1) is 7.43. The Hall–Kier alpha value is -1.12. The zero-order chi connectivity index (χ0) is 10.8. The van der Waals surface area contributed by atoms with Crippen LogP contribution >= 0.6 is 0 Å². The highest BCUT2D eigenvalue weighted by atomic mass is 16.5. The van der Waals surface area contributed by atoms with E-state index in [0.717, 1.165) is 19.4 Å². The molecule has 0 heterocycles. The second kappa shape index (κ2) is 8.21. The molecule has 0 bridgehead atoms. The van der Waals surface area contributed by atoms with Crippen molar-refractivity contribution in [1.82, 2.24) is 0 Å². The van der Waals surface area contributed by atoms with Crippen molar-refractivity contribution in [3.63, 3.8) is 0 Å². The average Bonchev–Trinajstić information content (AvgIpc) is 2.29. The summed E-state index contributed by atoms with van der Waals surface area (Å²) in [5.41, 5.74) is 1.21. The minimum Gasteiger partial charge on any atom is -0.392 e. The van der Waals surface area contributed by atoms with Crippen molar-refractivity contribution in [2.45, 2.75) is 19.4 Å². The molecule has 0 spiro atoms. The number of aliphatic hydroxyl groups is 1. The van der Waals surface area contributed by atoms with Gasteiger partial charge in [0.05, 0.1) is 13.2 Å². The van der Waals surface area contributed by atoms with E-state index in [1.165, 1.54) is 5.56 Å². The third-order valence-electron chi connectivity index (χ3n) is 2.04. The number of ether oxygens (including phenoxy) is 1. The molecular formula is C13H18O2. The third-order valence-corrected chi connectivity index (χ3v) is 2.04. The van der Waals surface area contributed by atoms with Gasteiger partial charge in [-0.1, -0.05) is 42.5 Å². The summed E-state index contributed by atoms with van der Waals surface area (Å²) in [6, 6.07) is 10.2. The van der Waals surface area contributed by atoms with Gasteiger partial charge in [-0.05, 0) is 18.4 Å². The first-order valence-electron chi connectivity index (χ1n) is 5.31. The lowest BCUT2D eigenvalue weighted by Crippen LogP contribution is -1.94. The fourth-order valence-electron chi connectivity index (χ4n) is 1.26. The molecule has 0 unspecified atom stereocenters. The van der Waals surface area contributed by atoms with E-state index in [-0.39, 0.29) is 6.61 Å². The summed E-state index contributed by atoms with van der Waals surface area (Å²) >= 11 is 0. The van der Waals surface area contributed by atoms with E-state index < -0.39 is 0 Å². The van der Waals surface area contributed by atoms with Gasteiger partial charge in [0.25, 0.3) is 0 Å². The molecule has 15 heavy (non-hydrogen) atoms. The summed E-state index contributed by atoms with van der Waals surface area (Å²) in [5, 5.41) is 8.50. The minimum atomic E-state index is 0.130. The Labute approximate surface area is 91.2 Å². The van der Waals surface area contributed by atoms with Crippen LogP contribution in [0.2, 0.25) is 0 Å². The molecule has 1 N–H and O–H groups in total. The zero-order valence-electron chi connectivity index (χ0n) is 8.93. The maximum absolute atomic E-state index is 8.50. The van der Waals surface area contributed by atoms with E-state index in [2.05, 4.69) is 12.1 Å². The van der Waals surface area contributed by atoms with E-state index in [4.69, 9.17) is 9.84 Å². The van der Waals surface area contributed by atoms with Crippen LogP contribution in [0, 0.1) is 0 Å². The van der Waals surface area contributed by atoms with Gasteiger partial charge in [0.1, 0.15) is 0 Å². The first-order valence-corrected chi connectivity index (χ1v) is 5.31. The third kappa shape index (κ3) is 6.05. The van der Waals surface area contributed by atoms with Crippen LogP contribution in [0.25, 0.3) is 0 Å². The van der Waals surface area contributed by atoms with Gasteiger partial charge in [0.15, 0.2) is 0 Å². The Kier molecular flexibility index (Phi) is 6.54. The summed E-state index contributed by atoms with van der Waals surface area (Å²) in [4.78, 5) is 0. The van der Waals surface area contributed by atoms with Crippen LogP contribution in [0.3, 0.4) is 0 Å². The van der Waals surface area contributed by atoms with E-state index in [0.29, 0.717) is 6.61 Å². The smallest absolute Gasteiger partial charge is 0.0716 e. The minimum absolute atomic E-state index is 0.130. The van der Waals surface area contributed by atoms with Crippen molar-refractivity contribution in [3.8, 4) is 0 Å². The van der Waals surface area contributed by atoms with Gasteiger partial charge in [-0.15, -0.1) is 0 Å². The SMILES string of the molecule is OC/C=C/CCCOCc1ccccc1. The van der Waals surface area contributed by atoms with E-state index in [9.17, 15) is 0 Å². The van der Waals surface area contributed by atoms with Gasteiger partial charge >= 0.3 is 0 Å². The highest BCUT2D eigenvalue weighted by molar-refractivity contribution is 5.13. The number of benzene rings is 1. The maximum atomic E-state index is 8.50. The van der Waals surface area contributed by atoms with E-state index in [1.54, 1.807) is 6.08 Å². The summed E-state index contributed by atoms with van der Waals surface area (Å²) < 4.78 is 5.50. The van der Waals surface area contributed by atoms with Crippen molar-refractivity contribution in [3.05, 3.63) is 48.0 Å². The van der Waals surface area contributed by atoms with Crippen molar-refractivity contribution >= 4 is 0 Å². The molecule has 0 aliphatic heterocycles. The van der Waals surface area contributed by atoms with Crippen LogP contribution in [0.4, 0.5) is 0 Å². The number of hydrogen-bond donors (Lipinski definition) is 1. The summed E-state index contributed by atoms with van der Waals surface area (Å²) in [6.07, 6.45) is 5.71. The lowest BCUT2D eigenvalue weighted by Gasteiger charge is -2.02. The predicted octanol–water partition coefficient (Wildman–Crippen LogP) is 2.53. The van der Waals surface area contributed by atoms with Gasteiger partial charge < -0.3 is 9.84 Å². The summed E-state index contributed by atoms with van der Waals surface area (Å²) in [5.74, 6) is 0.